The number of hydrogen-bond donors (Lipinski definition) is 1. The van der Waals surface area contributed by atoms with Crippen LogP contribution in [0.15, 0.2) is 42.5 Å². The predicted molar refractivity (Wildman–Crippen MR) is 112 cm³/mol. The number of nitrogens with one attached hydrogen (secondary N) is 1. The third-order valence-corrected chi connectivity index (χ3v) is 4.80. The molecule has 0 atom stereocenters. The molecule has 0 saturated carbocycles. The normalized spacial score (nSPS) is 12.6. The molecule has 0 aromatic heterocycles. The van der Waals surface area contributed by atoms with Gasteiger partial charge in [-0.15, -0.1) is 0 Å². The van der Waals surface area contributed by atoms with Crippen molar-refractivity contribution in [2.24, 2.45) is 0 Å². The average Bonchev–Trinajstić information content (AvgIpc) is 2.71. The van der Waals surface area contributed by atoms with Crippen molar-refractivity contribution in [2.45, 2.75) is 12.8 Å². The lowest BCUT2D eigenvalue weighted by Crippen LogP contribution is -2.38. The van der Waals surface area contributed by atoms with Crippen molar-refractivity contribution >= 4 is 40.7 Å². The van der Waals surface area contributed by atoms with Gasteiger partial charge in [0, 0.05) is 32.6 Å². The molecule has 0 fully saturated rings. The largest absolute Gasteiger partial charge is 0.490 e. The highest BCUT2D eigenvalue weighted by molar-refractivity contribution is 6.34. The summed E-state index contributed by atoms with van der Waals surface area (Å²) in [6.07, 6.45) is 0.111. The van der Waals surface area contributed by atoms with Gasteiger partial charge in [-0.05, 0) is 30.3 Å². The SMILES string of the molecule is CN(C)C(=O)c1ccc(NC(=O)CCC(=O)N2CCOc3ccccc32)cc1Cl. The van der Waals surface area contributed by atoms with E-state index in [4.69, 9.17) is 16.3 Å². The van der Waals surface area contributed by atoms with E-state index >= 15 is 0 Å². The maximum absolute atomic E-state index is 12.6. The quantitative estimate of drug-likeness (QED) is 0.813. The van der Waals surface area contributed by atoms with E-state index in [1.807, 2.05) is 24.3 Å². The molecule has 7 nitrogen and oxygen atoms in total. The highest BCUT2D eigenvalue weighted by atomic mass is 35.5. The summed E-state index contributed by atoms with van der Waals surface area (Å²) in [6, 6.07) is 12.0. The van der Waals surface area contributed by atoms with Crippen LogP contribution in [0.5, 0.6) is 5.75 Å². The number of rotatable bonds is 5. The van der Waals surface area contributed by atoms with E-state index < -0.39 is 0 Å². The summed E-state index contributed by atoms with van der Waals surface area (Å²) >= 11 is 6.16. The minimum atomic E-state index is -0.303. The molecule has 3 amide bonds. The fourth-order valence-corrected chi connectivity index (χ4v) is 3.28. The maximum Gasteiger partial charge on any atom is 0.254 e. The van der Waals surface area contributed by atoms with Gasteiger partial charge in [-0.3, -0.25) is 14.4 Å². The van der Waals surface area contributed by atoms with Gasteiger partial charge < -0.3 is 19.9 Å². The molecule has 1 aliphatic heterocycles. The Balaban J connectivity index is 1.57. The molecule has 29 heavy (non-hydrogen) atoms. The topological polar surface area (TPSA) is 79.0 Å². The van der Waals surface area contributed by atoms with Gasteiger partial charge in [0.25, 0.3) is 5.91 Å². The van der Waals surface area contributed by atoms with Gasteiger partial charge in [0.1, 0.15) is 12.4 Å². The molecule has 8 heteroatoms. The number of benzene rings is 2. The van der Waals surface area contributed by atoms with Crippen molar-refractivity contribution in [1.82, 2.24) is 4.90 Å². The third-order valence-electron chi connectivity index (χ3n) is 4.48. The van der Waals surface area contributed by atoms with Crippen molar-refractivity contribution in [3.63, 3.8) is 0 Å². The predicted octanol–water partition coefficient (Wildman–Crippen LogP) is 3.19. The molecule has 0 saturated heterocycles. The van der Waals surface area contributed by atoms with Crippen molar-refractivity contribution < 1.29 is 19.1 Å². The number of ether oxygens (including phenoxy) is 1. The number of hydrogen-bond acceptors (Lipinski definition) is 4. The minimum absolute atomic E-state index is 0.0361. The number of carbonyl (C=O) groups is 3. The van der Waals surface area contributed by atoms with Crippen LogP contribution in [0.3, 0.4) is 0 Å². The molecule has 2 aromatic carbocycles. The minimum Gasteiger partial charge on any atom is -0.490 e. The van der Waals surface area contributed by atoms with E-state index in [9.17, 15) is 14.4 Å². The van der Waals surface area contributed by atoms with Crippen LogP contribution in [0.25, 0.3) is 0 Å². The number of para-hydroxylation sites is 2. The lowest BCUT2D eigenvalue weighted by atomic mass is 10.1. The van der Waals surface area contributed by atoms with Crippen LogP contribution < -0.4 is 15.0 Å². The Bertz CT molecular complexity index is 945. The summed E-state index contributed by atoms with van der Waals surface area (Å²) in [5, 5.41) is 2.96. The number of fused-ring (bicyclic) bond motifs is 1. The monoisotopic (exact) mass is 415 g/mol. The smallest absolute Gasteiger partial charge is 0.254 e. The van der Waals surface area contributed by atoms with Crippen LogP contribution in [0.1, 0.15) is 23.2 Å². The summed E-state index contributed by atoms with van der Waals surface area (Å²) in [6.45, 7) is 0.875. The Morgan fingerprint density at radius 1 is 1.14 bits per heavy atom. The molecule has 0 bridgehead atoms. The van der Waals surface area contributed by atoms with Crippen LogP contribution in [0.4, 0.5) is 11.4 Å². The first-order valence-electron chi connectivity index (χ1n) is 9.20. The number of halogens is 1. The zero-order valence-electron chi connectivity index (χ0n) is 16.3. The fourth-order valence-electron chi connectivity index (χ4n) is 3.01. The molecule has 1 N–H and O–H groups in total. The Morgan fingerprint density at radius 3 is 2.62 bits per heavy atom. The number of nitrogens with zero attached hydrogens (tertiary/aromatic N) is 2. The molecule has 1 aliphatic rings. The Hall–Kier alpha value is -3.06. The zero-order chi connectivity index (χ0) is 21.0. The van der Waals surface area contributed by atoms with Gasteiger partial charge in [0.2, 0.25) is 11.8 Å². The lowest BCUT2D eigenvalue weighted by Gasteiger charge is -2.29. The van der Waals surface area contributed by atoms with Gasteiger partial charge in [0.05, 0.1) is 22.8 Å². The molecule has 0 aliphatic carbocycles. The second kappa shape index (κ2) is 8.96. The molecule has 0 radical (unpaired) electrons. The Labute approximate surface area is 174 Å². The molecular weight excluding hydrogens is 394 g/mol. The second-order valence-corrected chi connectivity index (χ2v) is 7.21. The molecule has 3 rings (SSSR count). The van der Waals surface area contributed by atoms with Crippen molar-refractivity contribution in [3.05, 3.63) is 53.1 Å². The third kappa shape index (κ3) is 4.86. The van der Waals surface area contributed by atoms with E-state index in [1.54, 1.807) is 31.1 Å². The molecule has 0 spiro atoms. The van der Waals surface area contributed by atoms with Gasteiger partial charge in [-0.1, -0.05) is 23.7 Å². The number of carbonyl (C=O) groups excluding carboxylic acids is 3. The van der Waals surface area contributed by atoms with E-state index in [1.165, 1.54) is 11.0 Å². The first-order valence-corrected chi connectivity index (χ1v) is 9.58. The molecule has 1 heterocycles. The van der Waals surface area contributed by atoms with E-state index in [-0.39, 0.29) is 35.6 Å². The van der Waals surface area contributed by atoms with E-state index in [0.717, 1.165) is 5.69 Å². The van der Waals surface area contributed by atoms with E-state index in [2.05, 4.69) is 5.32 Å². The van der Waals surface area contributed by atoms with Crippen molar-refractivity contribution in [3.8, 4) is 5.75 Å². The average molecular weight is 416 g/mol. The number of anilines is 2. The maximum atomic E-state index is 12.6. The Kier molecular flexibility index (Phi) is 6.39. The van der Waals surface area contributed by atoms with Crippen LogP contribution in [0.2, 0.25) is 5.02 Å². The summed E-state index contributed by atoms with van der Waals surface area (Å²) in [5.41, 5.74) is 1.55. The van der Waals surface area contributed by atoms with Crippen molar-refractivity contribution in [1.29, 1.82) is 0 Å². The van der Waals surface area contributed by atoms with Gasteiger partial charge in [-0.2, -0.15) is 0 Å². The summed E-state index contributed by atoms with van der Waals surface area (Å²) < 4.78 is 5.55. The Morgan fingerprint density at radius 2 is 1.90 bits per heavy atom. The first kappa shape index (κ1) is 20.7. The van der Waals surface area contributed by atoms with Crippen LogP contribution >= 0.6 is 11.6 Å². The van der Waals surface area contributed by atoms with Gasteiger partial charge >= 0.3 is 0 Å². The summed E-state index contributed by atoms with van der Waals surface area (Å²) in [5.74, 6) is 0.00586. The second-order valence-electron chi connectivity index (χ2n) is 6.80. The molecular formula is C21H22ClN3O4. The highest BCUT2D eigenvalue weighted by Gasteiger charge is 2.23. The molecule has 2 aromatic rings. The van der Waals surface area contributed by atoms with Crippen LogP contribution in [-0.4, -0.2) is 49.9 Å². The molecule has 0 unspecified atom stereocenters. The standard InChI is InChI=1S/C21H22ClN3O4/c1-24(2)21(28)15-8-7-14(13-16(15)22)23-19(26)9-10-20(27)25-11-12-29-18-6-4-3-5-17(18)25/h3-8,13H,9-12H2,1-2H3,(H,23,26). The van der Waals surface area contributed by atoms with Gasteiger partial charge in [-0.25, -0.2) is 0 Å². The fraction of sp³-hybridized carbons (Fsp3) is 0.286. The van der Waals surface area contributed by atoms with Crippen molar-refractivity contribution in [2.75, 3.05) is 37.5 Å². The van der Waals surface area contributed by atoms with E-state index in [0.29, 0.717) is 30.2 Å². The van der Waals surface area contributed by atoms with Crippen LogP contribution in [0, 0.1) is 0 Å². The summed E-state index contributed by atoms with van der Waals surface area (Å²) in [7, 11) is 3.27. The molecule has 152 valence electrons. The number of amides is 3. The highest BCUT2D eigenvalue weighted by Crippen LogP contribution is 2.31. The summed E-state index contributed by atoms with van der Waals surface area (Å²) in [4.78, 5) is 39.9. The first-order chi connectivity index (χ1) is 13.9. The van der Waals surface area contributed by atoms with Crippen LogP contribution in [-0.2, 0) is 9.59 Å². The van der Waals surface area contributed by atoms with Gasteiger partial charge in [0.15, 0.2) is 0 Å². The lowest BCUT2D eigenvalue weighted by molar-refractivity contribution is -0.122. The zero-order valence-corrected chi connectivity index (χ0v) is 17.0.